The Hall–Kier alpha value is -0.240. The zero-order valence-corrected chi connectivity index (χ0v) is 7.91. The van der Waals surface area contributed by atoms with Crippen LogP contribution in [0.1, 0.15) is 6.92 Å². The van der Waals surface area contributed by atoms with Crippen LogP contribution in [0.15, 0.2) is 0 Å². The molecule has 0 aromatic carbocycles. The van der Waals surface area contributed by atoms with Crippen molar-refractivity contribution >= 4 is 0 Å². The summed E-state index contributed by atoms with van der Waals surface area (Å²) in [6.07, 6.45) is -5.73. The molecule has 0 spiro atoms. The average Bonchev–Trinajstić information content (AvgIpc) is 2.18. The van der Waals surface area contributed by atoms with Gasteiger partial charge in [-0.1, -0.05) is 0 Å². The Bertz CT molecular complexity index is 175. The van der Waals surface area contributed by atoms with E-state index < -0.39 is 37.3 Å². The maximum absolute atomic E-state index is 9.57. The van der Waals surface area contributed by atoms with Crippen molar-refractivity contribution in [2.75, 3.05) is 13.2 Å². The predicted octanol–water partition coefficient (Wildman–Crippen LogP) is -2.18. The largest absolute Gasteiger partial charge is 0.394 e. The minimum atomic E-state index is -1.44. The molecule has 0 aliphatic carbocycles. The van der Waals surface area contributed by atoms with Gasteiger partial charge >= 0.3 is 0 Å². The summed E-state index contributed by atoms with van der Waals surface area (Å²) in [4.78, 5) is 0. The molecule has 4 N–H and O–H groups in total. The number of hydrogen-bond donors (Lipinski definition) is 4. The Kier molecular flexibility index (Phi) is 4.24. The summed E-state index contributed by atoms with van der Waals surface area (Å²) >= 11 is 0. The predicted molar refractivity (Wildman–Crippen MR) is 45.4 cm³/mol. The van der Waals surface area contributed by atoms with Crippen LogP contribution in [-0.4, -0.2) is 64.3 Å². The third kappa shape index (κ3) is 2.22. The standard InChI is InChI=1S/C8H16O6/c1-2-13-7-5(10)4(3-9)14-8(12)6(7)11/h4-12H,2-3H2,1H3. The van der Waals surface area contributed by atoms with Crippen molar-refractivity contribution in [2.45, 2.75) is 37.6 Å². The molecule has 1 fully saturated rings. The highest BCUT2D eigenvalue weighted by Crippen LogP contribution is 2.21. The molecular weight excluding hydrogens is 192 g/mol. The summed E-state index contributed by atoms with van der Waals surface area (Å²) in [5, 5.41) is 37.0. The Morgan fingerprint density at radius 1 is 1.21 bits per heavy atom. The van der Waals surface area contributed by atoms with Crippen molar-refractivity contribution in [1.29, 1.82) is 0 Å². The van der Waals surface area contributed by atoms with Crippen LogP contribution in [-0.2, 0) is 9.47 Å². The molecule has 6 heteroatoms. The van der Waals surface area contributed by atoms with E-state index in [2.05, 4.69) is 0 Å². The first-order valence-corrected chi connectivity index (χ1v) is 4.54. The normalized spacial score (nSPS) is 43.9. The first kappa shape index (κ1) is 11.8. The van der Waals surface area contributed by atoms with Crippen LogP contribution >= 0.6 is 0 Å². The van der Waals surface area contributed by atoms with Crippen molar-refractivity contribution in [3.05, 3.63) is 0 Å². The van der Waals surface area contributed by atoms with Crippen LogP contribution < -0.4 is 0 Å². The molecule has 0 bridgehead atoms. The molecule has 14 heavy (non-hydrogen) atoms. The van der Waals surface area contributed by atoms with Crippen molar-refractivity contribution < 1.29 is 29.9 Å². The molecular formula is C8H16O6. The molecule has 5 unspecified atom stereocenters. The van der Waals surface area contributed by atoms with Gasteiger partial charge in [0, 0.05) is 6.61 Å². The maximum atomic E-state index is 9.57. The molecule has 6 nitrogen and oxygen atoms in total. The molecule has 5 atom stereocenters. The number of hydrogen-bond acceptors (Lipinski definition) is 6. The van der Waals surface area contributed by atoms with Gasteiger partial charge in [-0.15, -0.1) is 0 Å². The van der Waals surface area contributed by atoms with Crippen molar-refractivity contribution in [3.63, 3.8) is 0 Å². The van der Waals surface area contributed by atoms with Crippen molar-refractivity contribution in [2.24, 2.45) is 0 Å². The van der Waals surface area contributed by atoms with E-state index in [1.54, 1.807) is 6.92 Å². The highest BCUT2D eigenvalue weighted by molar-refractivity contribution is 4.89. The average molecular weight is 208 g/mol. The first-order chi connectivity index (χ1) is 6.61. The Morgan fingerprint density at radius 2 is 1.86 bits per heavy atom. The highest BCUT2D eigenvalue weighted by Gasteiger charge is 2.44. The minimum absolute atomic E-state index is 0.295. The molecule has 0 amide bonds. The molecule has 0 saturated carbocycles. The minimum Gasteiger partial charge on any atom is -0.394 e. The van der Waals surface area contributed by atoms with Gasteiger partial charge in [-0.25, -0.2) is 0 Å². The van der Waals surface area contributed by atoms with Crippen LogP contribution in [0.25, 0.3) is 0 Å². The molecule has 84 valence electrons. The molecule has 0 aromatic rings. The van der Waals surface area contributed by atoms with E-state index >= 15 is 0 Å². The van der Waals surface area contributed by atoms with E-state index in [1.165, 1.54) is 0 Å². The van der Waals surface area contributed by atoms with E-state index in [0.717, 1.165) is 0 Å². The summed E-state index contributed by atoms with van der Waals surface area (Å²) in [5.74, 6) is 0. The van der Waals surface area contributed by atoms with Crippen LogP contribution in [0.4, 0.5) is 0 Å². The van der Waals surface area contributed by atoms with E-state index in [-0.39, 0.29) is 0 Å². The molecule has 1 heterocycles. The fourth-order valence-electron chi connectivity index (χ4n) is 1.46. The Morgan fingerprint density at radius 3 is 2.36 bits per heavy atom. The van der Waals surface area contributed by atoms with E-state index in [1.807, 2.05) is 0 Å². The fraction of sp³-hybridized carbons (Fsp3) is 1.00. The number of ether oxygens (including phenoxy) is 2. The van der Waals surface area contributed by atoms with Gasteiger partial charge in [0.25, 0.3) is 0 Å². The van der Waals surface area contributed by atoms with Gasteiger partial charge in [0.05, 0.1) is 6.61 Å². The van der Waals surface area contributed by atoms with Gasteiger partial charge in [-0.05, 0) is 6.92 Å². The second kappa shape index (κ2) is 5.01. The third-order valence-electron chi connectivity index (χ3n) is 2.20. The SMILES string of the molecule is CCOC1C(O)C(O)OC(CO)C1O. The topological polar surface area (TPSA) is 99.4 Å². The van der Waals surface area contributed by atoms with Crippen LogP contribution in [0, 0.1) is 0 Å². The van der Waals surface area contributed by atoms with Crippen molar-refractivity contribution in [3.8, 4) is 0 Å². The van der Waals surface area contributed by atoms with E-state index in [4.69, 9.17) is 14.6 Å². The number of aliphatic hydroxyl groups excluding tert-OH is 4. The van der Waals surface area contributed by atoms with Crippen molar-refractivity contribution in [1.82, 2.24) is 0 Å². The summed E-state index contributed by atoms with van der Waals surface area (Å²) in [6.45, 7) is 1.56. The first-order valence-electron chi connectivity index (χ1n) is 4.54. The molecule has 0 radical (unpaired) electrons. The zero-order valence-electron chi connectivity index (χ0n) is 7.91. The monoisotopic (exact) mass is 208 g/mol. The molecule has 1 aliphatic heterocycles. The van der Waals surface area contributed by atoms with Gasteiger partial charge in [-0.2, -0.15) is 0 Å². The van der Waals surface area contributed by atoms with Crippen LogP contribution in [0.3, 0.4) is 0 Å². The van der Waals surface area contributed by atoms with Crippen LogP contribution in [0.2, 0.25) is 0 Å². The maximum Gasteiger partial charge on any atom is 0.184 e. The lowest BCUT2D eigenvalue weighted by molar-refractivity contribution is -0.293. The molecule has 1 saturated heterocycles. The van der Waals surface area contributed by atoms with Gasteiger partial charge in [-0.3, -0.25) is 0 Å². The molecule has 0 aromatic heterocycles. The quantitative estimate of drug-likeness (QED) is 0.421. The summed E-state index contributed by atoms with van der Waals surface area (Å²) < 4.78 is 9.82. The lowest BCUT2D eigenvalue weighted by Crippen LogP contribution is -2.59. The second-order valence-electron chi connectivity index (χ2n) is 3.15. The molecule has 1 rings (SSSR count). The number of rotatable bonds is 3. The van der Waals surface area contributed by atoms with E-state index in [0.29, 0.717) is 6.61 Å². The zero-order chi connectivity index (χ0) is 10.7. The second-order valence-corrected chi connectivity index (χ2v) is 3.15. The summed E-state index contributed by atoms with van der Waals surface area (Å²) in [6, 6.07) is 0. The lowest BCUT2D eigenvalue weighted by atomic mass is 9.99. The molecule has 1 aliphatic rings. The Balaban J connectivity index is 2.67. The fourth-order valence-corrected chi connectivity index (χ4v) is 1.46. The summed E-state index contributed by atoms with van der Waals surface area (Å²) in [5.41, 5.74) is 0. The highest BCUT2D eigenvalue weighted by atomic mass is 16.6. The van der Waals surface area contributed by atoms with Gasteiger partial charge < -0.3 is 29.9 Å². The van der Waals surface area contributed by atoms with E-state index in [9.17, 15) is 15.3 Å². The van der Waals surface area contributed by atoms with Gasteiger partial charge in [0.2, 0.25) is 0 Å². The summed E-state index contributed by atoms with van der Waals surface area (Å²) in [7, 11) is 0. The Labute approximate surface area is 81.7 Å². The van der Waals surface area contributed by atoms with Crippen LogP contribution in [0.5, 0.6) is 0 Å². The van der Waals surface area contributed by atoms with Gasteiger partial charge in [0.1, 0.15) is 24.4 Å². The lowest BCUT2D eigenvalue weighted by Gasteiger charge is -2.39. The smallest absolute Gasteiger partial charge is 0.184 e. The number of aliphatic hydroxyl groups is 4. The third-order valence-corrected chi connectivity index (χ3v) is 2.20. The van der Waals surface area contributed by atoms with Gasteiger partial charge in [0.15, 0.2) is 6.29 Å².